The molecule has 0 radical (unpaired) electrons. The first-order valence-corrected chi connectivity index (χ1v) is 8.21. The van der Waals surface area contributed by atoms with Crippen molar-refractivity contribution >= 4 is 46.3 Å². The van der Waals surface area contributed by atoms with Gasteiger partial charge in [-0.15, -0.1) is 11.8 Å². The zero-order valence-electron chi connectivity index (χ0n) is 11.7. The van der Waals surface area contributed by atoms with Gasteiger partial charge in [0, 0.05) is 16.0 Å². The molecule has 2 aromatic carbocycles. The first-order valence-electron chi connectivity index (χ1n) is 6.60. The normalized spacial score (nSPS) is 14.8. The fraction of sp³-hybridized carbons (Fsp3) is 0.0588. The smallest absolute Gasteiger partial charge is 0.256 e. The predicted octanol–water partition coefficient (Wildman–Crippen LogP) is 4.28. The highest BCUT2D eigenvalue weighted by Gasteiger charge is 2.26. The number of benzene rings is 2. The summed E-state index contributed by atoms with van der Waals surface area (Å²) < 4.78 is 0. The number of carbonyl (C=O) groups excluding carboxylic acids is 2. The van der Waals surface area contributed by atoms with Crippen molar-refractivity contribution in [2.75, 3.05) is 11.6 Å². The number of nitrogens with one attached hydrogen (secondary N) is 1. The van der Waals surface area contributed by atoms with E-state index in [4.69, 9.17) is 11.6 Å². The maximum Gasteiger partial charge on any atom is 0.256 e. The van der Waals surface area contributed by atoms with Crippen LogP contribution in [0, 0.1) is 0 Å². The summed E-state index contributed by atoms with van der Waals surface area (Å²) in [6.45, 7) is 0. The number of ketones is 1. The van der Waals surface area contributed by atoms with Crippen molar-refractivity contribution < 1.29 is 9.59 Å². The van der Waals surface area contributed by atoms with Crippen molar-refractivity contribution in [3.8, 4) is 0 Å². The van der Waals surface area contributed by atoms with Gasteiger partial charge in [-0.3, -0.25) is 9.59 Å². The molecule has 3 nitrogen and oxygen atoms in total. The van der Waals surface area contributed by atoms with Crippen LogP contribution in [0.5, 0.6) is 0 Å². The van der Waals surface area contributed by atoms with E-state index in [0.717, 1.165) is 4.90 Å². The minimum absolute atomic E-state index is 0.203. The summed E-state index contributed by atoms with van der Waals surface area (Å²) in [4.78, 5) is 25.5. The number of amides is 1. The molecule has 0 bridgehead atoms. The fourth-order valence-electron chi connectivity index (χ4n) is 2.29. The Morgan fingerprint density at radius 2 is 1.91 bits per heavy atom. The summed E-state index contributed by atoms with van der Waals surface area (Å²) in [7, 11) is 0. The van der Waals surface area contributed by atoms with Gasteiger partial charge in [0.1, 0.15) is 0 Å². The number of para-hydroxylation sites is 1. The van der Waals surface area contributed by atoms with Crippen LogP contribution in [0.4, 0.5) is 5.69 Å². The molecular weight excluding hydrogens is 318 g/mol. The first kappa shape index (κ1) is 14.9. The van der Waals surface area contributed by atoms with E-state index in [1.807, 2.05) is 18.4 Å². The number of hydrogen-bond donors (Lipinski definition) is 1. The molecule has 110 valence electrons. The number of allylic oxidation sites excluding steroid dienone is 1. The Morgan fingerprint density at radius 3 is 2.59 bits per heavy atom. The largest absolute Gasteiger partial charge is 0.320 e. The molecule has 22 heavy (non-hydrogen) atoms. The Hall–Kier alpha value is -2.04. The van der Waals surface area contributed by atoms with Crippen molar-refractivity contribution in [2.45, 2.75) is 4.90 Å². The van der Waals surface area contributed by atoms with Gasteiger partial charge in [0.2, 0.25) is 0 Å². The van der Waals surface area contributed by atoms with Gasteiger partial charge in [-0.25, -0.2) is 0 Å². The molecular formula is C17H12ClNO2S. The van der Waals surface area contributed by atoms with Crippen molar-refractivity contribution in [1.82, 2.24) is 0 Å². The summed E-state index contributed by atoms with van der Waals surface area (Å²) in [6, 6.07) is 12.5. The molecule has 2 aromatic rings. The lowest BCUT2D eigenvalue weighted by Crippen LogP contribution is -2.06. The highest BCUT2D eigenvalue weighted by molar-refractivity contribution is 7.98. The number of fused-ring (bicyclic) bond motifs is 1. The predicted molar refractivity (Wildman–Crippen MR) is 90.6 cm³/mol. The molecule has 1 aliphatic rings. The molecule has 0 unspecified atom stereocenters. The fourth-order valence-corrected chi connectivity index (χ4v) is 2.92. The molecule has 0 fully saturated rings. The van der Waals surface area contributed by atoms with Crippen LogP contribution in [0.15, 0.2) is 53.4 Å². The van der Waals surface area contributed by atoms with Crippen molar-refractivity contribution in [1.29, 1.82) is 0 Å². The van der Waals surface area contributed by atoms with E-state index >= 15 is 0 Å². The standard InChI is InChI=1S/C17H12ClNO2S/c1-22-11-7-5-10(6-8-11)15(20)9-13-12-3-2-4-14(18)16(12)19-17(13)21/h2-9H,1H3,(H,19,21)/b13-9-. The van der Waals surface area contributed by atoms with Crippen LogP contribution in [0.3, 0.4) is 0 Å². The summed E-state index contributed by atoms with van der Waals surface area (Å²) in [5.74, 6) is -0.511. The van der Waals surface area contributed by atoms with E-state index in [1.54, 1.807) is 42.1 Å². The van der Waals surface area contributed by atoms with Crippen LogP contribution in [-0.4, -0.2) is 17.9 Å². The Balaban J connectivity index is 1.96. The highest BCUT2D eigenvalue weighted by Crippen LogP contribution is 2.37. The second-order valence-electron chi connectivity index (χ2n) is 4.77. The van der Waals surface area contributed by atoms with Gasteiger partial charge in [-0.2, -0.15) is 0 Å². The maximum atomic E-state index is 12.3. The lowest BCUT2D eigenvalue weighted by atomic mass is 10.0. The minimum atomic E-state index is -0.308. The molecule has 0 aliphatic carbocycles. The van der Waals surface area contributed by atoms with E-state index in [2.05, 4.69) is 5.32 Å². The lowest BCUT2D eigenvalue weighted by Gasteiger charge is -2.01. The molecule has 1 aliphatic heterocycles. The topological polar surface area (TPSA) is 46.2 Å². The van der Waals surface area contributed by atoms with Crippen molar-refractivity contribution in [2.24, 2.45) is 0 Å². The SMILES string of the molecule is CSc1ccc(C(=O)/C=C2\C(=O)Nc3c(Cl)cccc32)cc1. The van der Waals surface area contributed by atoms with Crippen LogP contribution in [-0.2, 0) is 4.79 Å². The zero-order chi connectivity index (χ0) is 15.7. The molecule has 1 N–H and O–H groups in total. The summed E-state index contributed by atoms with van der Waals surface area (Å²) in [5, 5.41) is 3.16. The van der Waals surface area contributed by atoms with Gasteiger partial charge < -0.3 is 5.32 Å². The second kappa shape index (κ2) is 5.99. The van der Waals surface area contributed by atoms with Gasteiger partial charge in [-0.1, -0.05) is 23.7 Å². The number of hydrogen-bond acceptors (Lipinski definition) is 3. The van der Waals surface area contributed by atoms with Crippen LogP contribution in [0.1, 0.15) is 15.9 Å². The van der Waals surface area contributed by atoms with E-state index in [9.17, 15) is 9.59 Å². The van der Waals surface area contributed by atoms with E-state index in [0.29, 0.717) is 27.4 Å². The van der Waals surface area contributed by atoms with Crippen LogP contribution >= 0.6 is 23.4 Å². The molecule has 0 spiro atoms. The Bertz CT molecular complexity index is 797. The third-order valence-corrected chi connectivity index (χ3v) is 4.50. The molecule has 0 atom stereocenters. The van der Waals surface area contributed by atoms with E-state index in [-0.39, 0.29) is 11.7 Å². The number of thioether (sulfide) groups is 1. The van der Waals surface area contributed by atoms with Crippen molar-refractivity contribution in [3.63, 3.8) is 0 Å². The Morgan fingerprint density at radius 1 is 1.18 bits per heavy atom. The van der Waals surface area contributed by atoms with Gasteiger partial charge in [0.05, 0.1) is 16.3 Å². The highest BCUT2D eigenvalue weighted by atomic mass is 35.5. The Kier molecular flexibility index (Phi) is 4.05. The molecule has 1 heterocycles. The van der Waals surface area contributed by atoms with Gasteiger partial charge in [-0.05, 0) is 42.7 Å². The van der Waals surface area contributed by atoms with Crippen LogP contribution in [0.25, 0.3) is 5.57 Å². The molecule has 3 rings (SSSR count). The molecule has 0 aromatic heterocycles. The van der Waals surface area contributed by atoms with Gasteiger partial charge >= 0.3 is 0 Å². The minimum Gasteiger partial charge on any atom is -0.320 e. The second-order valence-corrected chi connectivity index (χ2v) is 6.05. The summed E-state index contributed by atoms with van der Waals surface area (Å²) >= 11 is 7.67. The quantitative estimate of drug-likeness (QED) is 0.519. The average Bonchev–Trinajstić information content (AvgIpc) is 2.85. The third kappa shape index (κ3) is 2.67. The Labute approximate surface area is 137 Å². The average molecular weight is 330 g/mol. The van der Waals surface area contributed by atoms with E-state index in [1.165, 1.54) is 6.08 Å². The molecule has 1 amide bonds. The third-order valence-electron chi connectivity index (χ3n) is 3.44. The molecule has 0 saturated heterocycles. The monoisotopic (exact) mass is 329 g/mol. The van der Waals surface area contributed by atoms with E-state index < -0.39 is 0 Å². The molecule has 0 saturated carbocycles. The first-order chi connectivity index (χ1) is 10.6. The van der Waals surface area contributed by atoms with Gasteiger partial charge in [0.15, 0.2) is 5.78 Å². The maximum absolute atomic E-state index is 12.3. The number of halogens is 1. The zero-order valence-corrected chi connectivity index (χ0v) is 13.3. The van der Waals surface area contributed by atoms with Crippen LogP contribution < -0.4 is 5.32 Å². The van der Waals surface area contributed by atoms with Crippen molar-refractivity contribution in [3.05, 3.63) is 64.7 Å². The number of rotatable bonds is 3. The number of carbonyl (C=O) groups is 2. The number of anilines is 1. The van der Waals surface area contributed by atoms with Crippen LogP contribution in [0.2, 0.25) is 5.02 Å². The van der Waals surface area contributed by atoms with Gasteiger partial charge in [0.25, 0.3) is 5.91 Å². The summed E-state index contributed by atoms with van der Waals surface area (Å²) in [6.07, 6.45) is 3.34. The summed E-state index contributed by atoms with van der Waals surface area (Å²) in [5.41, 5.74) is 2.11. The molecule has 5 heteroatoms. The lowest BCUT2D eigenvalue weighted by molar-refractivity contribution is -0.110.